The van der Waals surface area contributed by atoms with Crippen molar-refractivity contribution in [1.82, 2.24) is 19.9 Å². The molecule has 2 aromatic carbocycles. The van der Waals surface area contributed by atoms with Crippen LogP contribution in [0.4, 0.5) is 13.2 Å². The van der Waals surface area contributed by atoms with Gasteiger partial charge in [-0.05, 0) is 69.2 Å². The number of likely N-dealkylation sites (tertiary alicyclic amines) is 1. The van der Waals surface area contributed by atoms with E-state index in [0.717, 1.165) is 47.6 Å². The molecule has 1 aliphatic rings. The lowest BCUT2D eigenvalue weighted by Gasteiger charge is -2.32. The van der Waals surface area contributed by atoms with Crippen LogP contribution in [0.15, 0.2) is 60.7 Å². The smallest absolute Gasteiger partial charge is 0.338 e. The van der Waals surface area contributed by atoms with Crippen molar-refractivity contribution in [1.29, 1.82) is 0 Å². The second kappa shape index (κ2) is 9.33. The standard InChI is InChI=1S/C28H25F3N4O/c1-17-18(2)33-26-15-20(11-12-25(26)32-17)27(36)35-13-5-7-21(16-35)24-10-4-9-23(34-24)19-6-3-8-22(14-19)28(29,30)31/h3-4,6,8-12,14-15,21H,5,7,13,16H2,1-2H3. The first-order valence-electron chi connectivity index (χ1n) is 11.9. The molecule has 3 heterocycles. The maximum Gasteiger partial charge on any atom is 0.416 e. The van der Waals surface area contributed by atoms with Crippen LogP contribution >= 0.6 is 0 Å². The molecule has 4 aromatic rings. The van der Waals surface area contributed by atoms with Gasteiger partial charge in [-0.25, -0.2) is 9.97 Å². The van der Waals surface area contributed by atoms with Crippen molar-refractivity contribution in [3.63, 3.8) is 0 Å². The van der Waals surface area contributed by atoms with Gasteiger partial charge in [0.1, 0.15) is 0 Å². The lowest BCUT2D eigenvalue weighted by molar-refractivity contribution is -0.137. The van der Waals surface area contributed by atoms with Crippen molar-refractivity contribution in [2.24, 2.45) is 0 Å². The average molecular weight is 491 g/mol. The summed E-state index contributed by atoms with van der Waals surface area (Å²) in [5, 5.41) is 0. The molecule has 0 spiro atoms. The summed E-state index contributed by atoms with van der Waals surface area (Å²) in [6, 6.07) is 16.0. The Labute approximate surface area is 207 Å². The molecule has 0 saturated carbocycles. The third-order valence-electron chi connectivity index (χ3n) is 6.71. The van der Waals surface area contributed by atoms with Crippen molar-refractivity contribution >= 4 is 16.9 Å². The number of nitrogens with zero attached hydrogens (tertiary/aromatic N) is 4. The largest absolute Gasteiger partial charge is 0.416 e. The number of fused-ring (bicyclic) bond motifs is 1. The number of alkyl halides is 3. The average Bonchev–Trinajstić information content (AvgIpc) is 2.88. The van der Waals surface area contributed by atoms with Gasteiger partial charge in [0, 0.05) is 35.8 Å². The first-order chi connectivity index (χ1) is 17.2. The molecule has 5 nitrogen and oxygen atoms in total. The van der Waals surface area contributed by atoms with Gasteiger partial charge in [0.2, 0.25) is 0 Å². The summed E-state index contributed by atoms with van der Waals surface area (Å²) >= 11 is 0. The van der Waals surface area contributed by atoms with Gasteiger partial charge in [-0.2, -0.15) is 13.2 Å². The van der Waals surface area contributed by atoms with Crippen molar-refractivity contribution in [3.8, 4) is 11.3 Å². The molecule has 0 N–H and O–H groups in total. The summed E-state index contributed by atoms with van der Waals surface area (Å²) < 4.78 is 39.5. The molecule has 2 aromatic heterocycles. The van der Waals surface area contributed by atoms with E-state index < -0.39 is 11.7 Å². The minimum atomic E-state index is -4.41. The Morgan fingerprint density at radius 1 is 0.917 bits per heavy atom. The van der Waals surface area contributed by atoms with Gasteiger partial charge < -0.3 is 4.90 Å². The van der Waals surface area contributed by atoms with Crippen LogP contribution in [0.5, 0.6) is 0 Å². The van der Waals surface area contributed by atoms with Crippen LogP contribution in [0.1, 0.15) is 51.8 Å². The van der Waals surface area contributed by atoms with Crippen LogP contribution in [0, 0.1) is 13.8 Å². The zero-order valence-electron chi connectivity index (χ0n) is 20.0. The fourth-order valence-corrected chi connectivity index (χ4v) is 4.64. The molecule has 1 atom stereocenters. The molecule has 1 unspecified atom stereocenters. The highest BCUT2D eigenvalue weighted by molar-refractivity contribution is 5.97. The third kappa shape index (κ3) is 4.80. The number of carbonyl (C=O) groups excluding carboxylic acids is 1. The number of amides is 1. The molecule has 1 amide bonds. The number of hydrogen-bond donors (Lipinski definition) is 0. The van der Waals surface area contributed by atoms with Gasteiger partial charge in [0.25, 0.3) is 5.91 Å². The molecule has 1 fully saturated rings. The maximum absolute atomic E-state index is 13.3. The fraction of sp³-hybridized carbons (Fsp3) is 0.286. The monoisotopic (exact) mass is 490 g/mol. The van der Waals surface area contributed by atoms with Crippen LogP contribution in [0.3, 0.4) is 0 Å². The van der Waals surface area contributed by atoms with Gasteiger partial charge in [-0.3, -0.25) is 9.78 Å². The lowest BCUT2D eigenvalue weighted by atomic mass is 9.93. The summed E-state index contributed by atoms with van der Waals surface area (Å²) in [4.78, 5) is 29.0. The van der Waals surface area contributed by atoms with Gasteiger partial charge in [-0.15, -0.1) is 0 Å². The number of benzene rings is 2. The maximum atomic E-state index is 13.3. The number of piperidine rings is 1. The Bertz CT molecular complexity index is 1450. The summed E-state index contributed by atoms with van der Waals surface area (Å²) in [7, 11) is 0. The molecular formula is C28H25F3N4O. The van der Waals surface area contributed by atoms with E-state index in [4.69, 9.17) is 4.98 Å². The third-order valence-corrected chi connectivity index (χ3v) is 6.71. The van der Waals surface area contributed by atoms with E-state index in [9.17, 15) is 18.0 Å². The van der Waals surface area contributed by atoms with E-state index in [-0.39, 0.29) is 11.8 Å². The predicted octanol–water partition coefficient (Wildman–Crippen LogP) is 6.35. The first kappa shape index (κ1) is 23.9. The highest BCUT2D eigenvalue weighted by Gasteiger charge is 2.31. The molecular weight excluding hydrogens is 465 g/mol. The van der Waals surface area contributed by atoms with Crippen LogP contribution in [-0.2, 0) is 6.18 Å². The lowest BCUT2D eigenvalue weighted by Crippen LogP contribution is -2.39. The quantitative estimate of drug-likeness (QED) is 0.336. The Morgan fingerprint density at radius 2 is 1.67 bits per heavy atom. The zero-order valence-corrected chi connectivity index (χ0v) is 20.0. The molecule has 0 bridgehead atoms. The van der Waals surface area contributed by atoms with Gasteiger partial charge in [0.15, 0.2) is 0 Å². The molecule has 36 heavy (non-hydrogen) atoms. The van der Waals surface area contributed by atoms with Crippen molar-refractivity contribution in [2.75, 3.05) is 13.1 Å². The number of hydrogen-bond acceptors (Lipinski definition) is 4. The summed E-state index contributed by atoms with van der Waals surface area (Å²) in [5.74, 6) is -0.0748. The van der Waals surface area contributed by atoms with E-state index >= 15 is 0 Å². The number of pyridine rings is 1. The molecule has 0 radical (unpaired) electrons. The highest BCUT2D eigenvalue weighted by atomic mass is 19.4. The van der Waals surface area contributed by atoms with Crippen LogP contribution in [-0.4, -0.2) is 38.8 Å². The van der Waals surface area contributed by atoms with E-state index in [1.807, 2.05) is 36.9 Å². The van der Waals surface area contributed by atoms with Crippen molar-refractivity contribution in [3.05, 3.63) is 88.9 Å². The predicted molar refractivity (Wildman–Crippen MR) is 132 cm³/mol. The highest BCUT2D eigenvalue weighted by Crippen LogP contribution is 2.33. The fourth-order valence-electron chi connectivity index (χ4n) is 4.64. The van der Waals surface area contributed by atoms with Crippen LogP contribution in [0.2, 0.25) is 0 Å². The number of aryl methyl sites for hydroxylation is 2. The summed E-state index contributed by atoms with van der Waals surface area (Å²) in [6.07, 6.45) is -2.74. The minimum Gasteiger partial charge on any atom is -0.338 e. The minimum absolute atomic E-state index is 0.00130. The SMILES string of the molecule is Cc1nc2ccc(C(=O)N3CCCC(c4cccc(-c5cccc(C(F)(F)F)c5)n4)C3)cc2nc1C. The second-order valence-electron chi connectivity index (χ2n) is 9.21. The van der Waals surface area contributed by atoms with Crippen molar-refractivity contribution < 1.29 is 18.0 Å². The molecule has 1 saturated heterocycles. The van der Waals surface area contributed by atoms with E-state index in [2.05, 4.69) is 9.97 Å². The van der Waals surface area contributed by atoms with Gasteiger partial charge in [0.05, 0.1) is 33.7 Å². The Kier molecular flexibility index (Phi) is 6.20. The molecule has 0 aliphatic carbocycles. The van der Waals surface area contributed by atoms with E-state index in [1.165, 1.54) is 6.07 Å². The van der Waals surface area contributed by atoms with E-state index in [0.29, 0.717) is 35.4 Å². The molecule has 5 rings (SSSR count). The van der Waals surface area contributed by atoms with Gasteiger partial charge >= 0.3 is 6.18 Å². The van der Waals surface area contributed by atoms with E-state index in [1.54, 1.807) is 24.3 Å². The zero-order chi connectivity index (χ0) is 25.4. The number of aromatic nitrogens is 3. The van der Waals surface area contributed by atoms with Crippen LogP contribution in [0.25, 0.3) is 22.3 Å². The Morgan fingerprint density at radius 3 is 2.44 bits per heavy atom. The first-order valence-corrected chi connectivity index (χ1v) is 11.9. The Balaban J connectivity index is 1.37. The molecule has 8 heteroatoms. The Hall–Kier alpha value is -3.81. The molecule has 184 valence electrons. The number of carbonyl (C=O) groups is 1. The van der Waals surface area contributed by atoms with Crippen molar-refractivity contribution in [2.45, 2.75) is 38.8 Å². The normalized spacial score (nSPS) is 16.4. The summed E-state index contributed by atoms with van der Waals surface area (Å²) in [5.41, 5.74) is 4.67. The van der Waals surface area contributed by atoms with Crippen LogP contribution < -0.4 is 0 Å². The van der Waals surface area contributed by atoms with Gasteiger partial charge in [-0.1, -0.05) is 18.2 Å². The topological polar surface area (TPSA) is 59.0 Å². The summed E-state index contributed by atoms with van der Waals surface area (Å²) in [6.45, 7) is 4.94. The second-order valence-corrected chi connectivity index (χ2v) is 9.21. The number of rotatable bonds is 3. The number of halogens is 3. The molecule has 1 aliphatic heterocycles.